The minimum atomic E-state index is -0.630. The highest BCUT2D eigenvalue weighted by Gasteiger charge is 2.50. The van der Waals surface area contributed by atoms with Crippen LogP contribution < -0.4 is 0 Å². The third kappa shape index (κ3) is 2.12. The van der Waals surface area contributed by atoms with Gasteiger partial charge in [0.15, 0.2) is 0 Å². The summed E-state index contributed by atoms with van der Waals surface area (Å²) in [5.74, 6) is 0.303. The Morgan fingerprint density at radius 3 is 2.88 bits per heavy atom. The van der Waals surface area contributed by atoms with Crippen molar-refractivity contribution in [3.05, 3.63) is 24.8 Å². The zero-order valence-corrected chi connectivity index (χ0v) is 10.3. The van der Waals surface area contributed by atoms with Crippen molar-refractivity contribution in [1.29, 1.82) is 0 Å². The quantitative estimate of drug-likeness (QED) is 0.726. The van der Waals surface area contributed by atoms with E-state index in [0.717, 1.165) is 18.4 Å². The van der Waals surface area contributed by atoms with Gasteiger partial charge in [-0.2, -0.15) is 0 Å². The number of carbonyl (C=O) groups is 1. The lowest BCUT2D eigenvalue weighted by Gasteiger charge is -2.35. The number of rotatable bonds is 5. The van der Waals surface area contributed by atoms with E-state index >= 15 is 0 Å². The van der Waals surface area contributed by atoms with E-state index in [1.54, 1.807) is 6.08 Å². The Morgan fingerprint density at radius 2 is 2.38 bits per heavy atom. The van der Waals surface area contributed by atoms with Crippen molar-refractivity contribution in [3.63, 3.8) is 0 Å². The van der Waals surface area contributed by atoms with Gasteiger partial charge in [0, 0.05) is 6.42 Å². The zero-order chi connectivity index (χ0) is 12.3. The van der Waals surface area contributed by atoms with E-state index in [4.69, 9.17) is 0 Å². The molecule has 1 fully saturated rings. The smallest absolute Gasteiger partial charge is 0.141 e. The molecule has 0 spiro atoms. The van der Waals surface area contributed by atoms with Crippen molar-refractivity contribution < 1.29 is 9.90 Å². The topological polar surface area (TPSA) is 37.3 Å². The normalized spacial score (nSPS) is 31.4. The summed E-state index contributed by atoms with van der Waals surface area (Å²) in [5.41, 5.74) is 0.375. The first-order valence-corrected chi connectivity index (χ1v) is 5.92. The second-order valence-electron chi connectivity index (χ2n) is 5.03. The lowest BCUT2D eigenvalue weighted by Crippen LogP contribution is -2.41. The first-order chi connectivity index (χ1) is 7.44. The summed E-state index contributed by atoms with van der Waals surface area (Å²) in [4.78, 5) is 12.0. The van der Waals surface area contributed by atoms with E-state index < -0.39 is 11.5 Å². The fourth-order valence-corrected chi connectivity index (χ4v) is 2.79. The van der Waals surface area contributed by atoms with Crippen molar-refractivity contribution in [3.8, 4) is 0 Å². The highest BCUT2D eigenvalue weighted by molar-refractivity contribution is 5.88. The molecule has 0 aromatic carbocycles. The molecule has 90 valence electrons. The molecule has 0 saturated heterocycles. The number of aliphatic hydroxyl groups is 1. The van der Waals surface area contributed by atoms with Crippen LogP contribution in [0.2, 0.25) is 0 Å². The van der Waals surface area contributed by atoms with Gasteiger partial charge in [-0.3, -0.25) is 4.79 Å². The molecule has 1 unspecified atom stereocenters. The monoisotopic (exact) mass is 222 g/mol. The standard InChI is InChI=1S/C14H22O2/c1-5-6-7-12(15)14(4)11(10(2)3)8-9-13(14)16/h5,11-12,15H,1-2,6-9H2,3-4H3/t11-,12?,14+/m0/s1. The Hall–Kier alpha value is -0.890. The molecule has 1 saturated carbocycles. The predicted octanol–water partition coefficient (Wildman–Crippen LogP) is 2.88. The van der Waals surface area contributed by atoms with Crippen LogP contribution in [0.25, 0.3) is 0 Å². The largest absolute Gasteiger partial charge is 0.392 e. The maximum absolute atomic E-state index is 12.0. The number of Topliss-reactive ketones (excluding diaryl/α,β-unsaturated/α-hetero) is 1. The molecule has 0 amide bonds. The van der Waals surface area contributed by atoms with Crippen molar-refractivity contribution in [2.24, 2.45) is 11.3 Å². The molecule has 0 bridgehead atoms. The van der Waals surface area contributed by atoms with E-state index in [0.29, 0.717) is 12.8 Å². The fraction of sp³-hybridized carbons (Fsp3) is 0.643. The van der Waals surface area contributed by atoms with Gasteiger partial charge in [-0.25, -0.2) is 0 Å². The maximum atomic E-state index is 12.0. The van der Waals surface area contributed by atoms with Crippen molar-refractivity contribution in [2.75, 3.05) is 0 Å². The number of ketones is 1. The minimum Gasteiger partial charge on any atom is -0.392 e. The highest BCUT2D eigenvalue weighted by Crippen LogP contribution is 2.47. The average molecular weight is 222 g/mol. The van der Waals surface area contributed by atoms with Crippen LogP contribution in [-0.2, 0) is 4.79 Å². The summed E-state index contributed by atoms with van der Waals surface area (Å²) < 4.78 is 0. The van der Waals surface area contributed by atoms with Gasteiger partial charge in [0.25, 0.3) is 0 Å². The van der Waals surface area contributed by atoms with Crippen LogP contribution in [0.3, 0.4) is 0 Å². The van der Waals surface area contributed by atoms with E-state index in [-0.39, 0.29) is 11.7 Å². The Kier molecular flexibility index (Phi) is 4.09. The number of carbonyl (C=O) groups excluding carboxylic acids is 1. The minimum absolute atomic E-state index is 0.125. The molecular formula is C14H22O2. The van der Waals surface area contributed by atoms with Gasteiger partial charge in [-0.15, -0.1) is 6.58 Å². The SMILES string of the molecule is C=CCCC(O)[C@]1(C)C(=O)CC[C@H]1C(=C)C. The zero-order valence-electron chi connectivity index (χ0n) is 10.3. The van der Waals surface area contributed by atoms with Crippen LogP contribution in [0.5, 0.6) is 0 Å². The molecule has 16 heavy (non-hydrogen) atoms. The highest BCUT2D eigenvalue weighted by atomic mass is 16.3. The summed E-state index contributed by atoms with van der Waals surface area (Å²) in [5, 5.41) is 10.2. The second kappa shape index (κ2) is 4.96. The molecule has 0 radical (unpaired) electrons. The molecule has 1 rings (SSSR count). The summed E-state index contributed by atoms with van der Waals surface area (Å²) in [6, 6.07) is 0. The molecule has 0 aliphatic heterocycles. The van der Waals surface area contributed by atoms with Gasteiger partial charge in [-0.1, -0.05) is 18.2 Å². The van der Waals surface area contributed by atoms with Crippen LogP contribution >= 0.6 is 0 Å². The lowest BCUT2D eigenvalue weighted by atomic mass is 9.70. The molecule has 0 aromatic rings. The molecule has 0 aromatic heterocycles. The predicted molar refractivity (Wildman–Crippen MR) is 66.1 cm³/mol. The summed E-state index contributed by atoms with van der Waals surface area (Å²) in [7, 11) is 0. The first kappa shape index (κ1) is 13.2. The molecule has 1 N–H and O–H groups in total. The van der Waals surface area contributed by atoms with Crippen molar-refractivity contribution >= 4 is 5.78 Å². The number of hydrogen-bond acceptors (Lipinski definition) is 2. The van der Waals surface area contributed by atoms with Crippen molar-refractivity contribution in [1.82, 2.24) is 0 Å². The van der Waals surface area contributed by atoms with Crippen LogP contribution in [0, 0.1) is 11.3 Å². The second-order valence-corrected chi connectivity index (χ2v) is 5.03. The third-order valence-corrected chi connectivity index (χ3v) is 3.92. The number of allylic oxidation sites excluding steroid dienone is 2. The molecule has 1 aliphatic carbocycles. The van der Waals surface area contributed by atoms with Gasteiger partial charge < -0.3 is 5.11 Å². The Labute approximate surface area is 98.1 Å². The number of aliphatic hydroxyl groups excluding tert-OH is 1. The van der Waals surface area contributed by atoms with Crippen LogP contribution in [-0.4, -0.2) is 17.0 Å². The van der Waals surface area contributed by atoms with Crippen molar-refractivity contribution in [2.45, 2.75) is 45.6 Å². The van der Waals surface area contributed by atoms with E-state index in [9.17, 15) is 9.90 Å². The van der Waals surface area contributed by atoms with E-state index in [1.807, 2.05) is 13.8 Å². The molecule has 3 atom stereocenters. The molecule has 0 heterocycles. The Bertz CT molecular complexity index is 306. The van der Waals surface area contributed by atoms with Gasteiger partial charge in [-0.05, 0) is 39.0 Å². The van der Waals surface area contributed by atoms with E-state index in [1.165, 1.54) is 0 Å². The summed E-state index contributed by atoms with van der Waals surface area (Å²) in [6.07, 6.45) is 3.95. The first-order valence-electron chi connectivity index (χ1n) is 5.92. The molecular weight excluding hydrogens is 200 g/mol. The van der Waals surface area contributed by atoms with Crippen LogP contribution in [0.4, 0.5) is 0 Å². The number of hydrogen-bond donors (Lipinski definition) is 1. The maximum Gasteiger partial charge on any atom is 0.141 e. The summed E-state index contributed by atoms with van der Waals surface area (Å²) >= 11 is 0. The Morgan fingerprint density at radius 1 is 1.75 bits per heavy atom. The van der Waals surface area contributed by atoms with Gasteiger partial charge >= 0.3 is 0 Å². The van der Waals surface area contributed by atoms with Gasteiger partial charge in [0.05, 0.1) is 11.5 Å². The Balaban J connectivity index is 2.88. The third-order valence-electron chi connectivity index (χ3n) is 3.92. The van der Waals surface area contributed by atoms with Crippen LogP contribution in [0.15, 0.2) is 24.8 Å². The molecule has 2 heteroatoms. The van der Waals surface area contributed by atoms with Gasteiger partial charge in [0.1, 0.15) is 5.78 Å². The average Bonchev–Trinajstić information content (AvgIpc) is 2.53. The summed E-state index contributed by atoms with van der Waals surface area (Å²) in [6.45, 7) is 11.4. The van der Waals surface area contributed by atoms with Gasteiger partial charge in [0.2, 0.25) is 0 Å². The fourth-order valence-electron chi connectivity index (χ4n) is 2.79. The van der Waals surface area contributed by atoms with Crippen LogP contribution in [0.1, 0.15) is 39.5 Å². The molecule has 2 nitrogen and oxygen atoms in total. The lowest BCUT2D eigenvalue weighted by molar-refractivity contribution is -0.132. The molecule has 1 aliphatic rings. The van der Waals surface area contributed by atoms with E-state index in [2.05, 4.69) is 13.2 Å².